The van der Waals surface area contributed by atoms with Crippen molar-refractivity contribution in [2.45, 2.75) is 0 Å². The molecule has 0 spiro atoms. The fourth-order valence-electron chi connectivity index (χ4n) is 2.62. The van der Waals surface area contributed by atoms with Gasteiger partial charge in [-0.05, 0) is 18.2 Å². The Morgan fingerprint density at radius 3 is 2.64 bits per heavy atom. The Hall–Kier alpha value is -3.71. The van der Waals surface area contributed by atoms with Gasteiger partial charge in [-0.2, -0.15) is 0 Å². The molecule has 0 aliphatic rings. The van der Waals surface area contributed by atoms with Gasteiger partial charge >= 0.3 is 0 Å². The van der Waals surface area contributed by atoms with Crippen LogP contribution in [0.5, 0.6) is 0 Å². The zero-order valence-corrected chi connectivity index (χ0v) is 13.3. The number of fused-ring (bicyclic) bond motifs is 1. The highest BCUT2D eigenvalue weighted by Gasteiger charge is 2.08. The molecule has 0 bridgehead atoms. The summed E-state index contributed by atoms with van der Waals surface area (Å²) in [6, 6.07) is 17.6. The molecule has 118 valence electrons. The molecule has 0 fully saturated rings. The predicted octanol–water partition coefficient (Wildman–Crippen LogP) is 4.42. The Kier molecular flexibility index (Phi) is 3.82. The highest BCUT2D eigenvalue weighted by Crippen LogP contribution is 2.26. The molecular formula is C21H14N4. The summed E-state index contributed by atoms with van der Waals surface area (Å²) in [4.78, 5) is 13.5. The van der Waals surface area contributed by atoms with Gasteiger partial charge in [0, 0.05) is 16.8 Å². The zero-order chi connectivity index (χ0) is 17.1. The van der Waals surface area contributed by atoms with Gasteiger partial charge in [0.2, 0.25) is 0 Å². The number of nitrogens with zero attached hydrogens (tertiary/aromatic N) is 3. The SMILES string of the molecule is C#Cc1cccc(Nc2cncc3ncc(-c4ccccc4)nc23)c1. The highest BCUT2D eigenvalue weighted by molar-refractivity contribution is 5.89. The second-order valence-electron chi connectivity index (χ2n) is 5.53. The molecule has 0 unspecified atom stereocenters. The second kappa shape index (κ2) is 6.42. The Morgan fingerprint density at radius 1 is 0.920 bits per heavy atom. The average Bonchev–Trinajstić information content (AvgIpc) is 2.69. The molecule has 0 aliphatic carbocycles. The molecule has 0 radical (unpaired) electrons. The summed E-state index contributed by atoms with van der Waals surface area (Å²) in [5.74, 6) is 2.64. The monoisotopic (exact) mass is 322 g/mol. The largest absolute Gasteiger partial charge is 0.352 e. The van der Waals surface area contributed by atoms with Crippen LogP contribution in [0.25, 0.3) is 22.3 Å². The van der Waals surface area contributed by atoms with Crippen LogP contribution in [0.2, 0.25) is 0 Å². The van der Waals surface area contributed by atoms with Crippen LogP contribution >= 0.6 is 0 Å². The number of anilines is 2. The molecular weight excluding hydrogens is 308 g/mol. The lowest BCUT2D eigenvalue weighted by atomic mass is 10.1. The topological polar surface area (TPSA) is 50.7 Å². The molecule has 2 aromatic carbocycles. The van der Waals surface area contributed by atoms with Crippen LogP contribution in [-0.2, 0) is 0 Å². The first kappa shape index (κ1) is 14.9. The van der Waals surface area contributed by atoms with Crippen molar-refractivity contribution in [2.24, 2.45) is 0 Å². The van der Waals surface area contributed by atoms with E-state index >= 15 is 0 Å². The number of hydrogen-bond acceptors (Lipinski definition) is 4. The van der Waals surface area contributed by atoms with Crippen molar-refractivity contribution >= 4 is 22.4 Å². The van der Waals surface area contributed by atoms with Gasteiger partial charge in [0.25, 0.3) is 0 Å². The molecule has 0 amide bonds. The maximum Gasteiger partial charge on any atom is 0.116 e. The number of benzene rings is 2. The third kappa shape index (κ3) is 3.04. The Morgan fingerprint density at radius 2 is 1.80 bits per heavy atom. The summed E-state index contributed by atoms with van der Waals surface area (Å²) in [6.45, 7) is 0. The Balaban J connectivity index is 1.79. The first-order valence-electron chi connectivity index (χ1n) is 7.83. The maximum atomic E-state index is 5.47. The van der Waals surface area contributed by atoms with Crippen LogP contribution in [-0.4, -0.2) is 15.0 Å². The van der Waals surface area contributed by atoms with Crippen LogP contribution in [0, 0.1) is 12.3 Å². The van der Waals surface area contributed by atoms with Gasteiger partial charge in [-0.25, -0.2) is 4.98 Å². The summed E-state index contributed by atoms with van der Waals surface area (Å²) >= 11 is 0. The van der Waals surface area contributed by atoms with Crippen molar-refractivity contribution < 1.29 is 0 Å². The normalized spacial score (nSPS) is 10.4. The van der Waals surface area contributed by atoms with E-state index in [4.69, 9.17) is 11.4 Å². The van der Waals surface area contributed by atoms with Crippen LogP contribution in [0.4, 0.5) is 11.4 Å². The van der Waals surface area contributed by atoms with E-state index in [1.807, 2.05) is 54.6 Å². The number of pyridine rings is 1. The van der Waals surface area contributed by atoms with E-state index in [-0.39, 0.29) is 0 Å². The molecule has 4 aromatic rings. The van der Waals surface area contributed by atoms with Crippen molar-refractivity contribution in [2.75, 3.05) is 5.32 Å². The first-order chi connectivity index (χ1) is 12.3. The Labute approximate surface area is 145 Å². The van der Waals surface area contributed by atoms with E-state index in [0.717, 1.165) is 39.2 Å². The standard InChI is InChI=1S/C21H14N4/c1-2-15-7-6-10-17(11-15)24-20-13-22-12-19-21(20)25-18(14-23-19)16-8-4-3-5-9-16/h1,3-14,24H. The molecule has 25 heavy (non-hydrogen) atoms. The van der Waals surface area contributed by atoms with Crippen molar-refractivity contribution in [3.8, 4) is 23.6 Å². The second-order valence-corrected chi connectivity index (χ2v) is 5.53. The molecule has 2 heterocycles. The van der Waals surface area contributed by atoms with Gasteiger partial charge in [-0.1, -0.05) is 42.3 Å². The fraction of sp³-hybridized carbons (Fsp3) is 0. The molecule has 4 heteroatoms. The van der Waals surface area contributed by atoms with Crippen LogP contribution in [0.1, 0.15) is 5.56 Å². The van der Waals surface area contributed by atoms with Gasteiger partial charge in [0.15, 0.2) is 0 Å². The summed E-state index contributed by atoms with van der Waals surface area (Å²) < 4.78 is 0. The van der Waals surface area contributed by atoms with E-state index in [0.29, 0.717) is 0 Å². The van der Waals surface area contributed by atoms with Crippen molar-refractivity contribution in [3.05, 3.63) is 78.8 Å². The predicted molar refractivity (Wildman–Crippen MR) is 100 cm³/mol. The molecule has 0 saturated heterocycles. The van der Waals surface area contributed by atoms with E-state index in [1.165, 1.54) is 0 Å². The third-order valence-electron chi connectivity index (χ3n) is 3.83. The van der Waals surface area contributed by atoms with Gasteiger partial charge in [-0.3, -0.25) is 9.97 Å². The zero-order valence-electron chi connectivity index (χ0n) is 13.3. The van der Waals surface area contributed by atoms with E-state index in [9.17, 15) is 0 Å². The number of terminal acetylenes is 1. The van der Waals surface area contributed by atoms with Crippen LogP contribution in [0.3, 0.4) is 0 Å². The molecule has 4 nitrogen and oxygen atoms in total. The number of rotatable bonds is 3. The lowest BCUT2D eigenvalue weighted by molar-refractivity contribution is 1.25. The fourth-order valence-corrected chi connectivity index (χ4v) is 2.62. The summed E-state index contributed by atoms with van der Waals surface area (Å²) in [5, 5.41) is 3.34. The molecule has 0 atom stereocenters. The van der Waals surface area contributed by atoms with Gasteiger partial charge in [0.1, 0.15) is 11.0 Å². The third-order valence-corrected chi connectivity index (χ3v) is 3.83. The van der Waals surface area contributed by atoms with E-state index in [2.05, 4.69) is 21.2 Å². The lowest BCUT2D eigenvalue weighted by Gasteiger charge is -2.10. The molecule has 1 N–H and O–H groups in total. The van der Waals surface area contributed by atoms with Crippen molar-refractivity contribution in [3.63, 3.8) is 0 Å². The van der Waals surface area contributed by atoms with Gasteiger partial charge in [0.05, 0.1) is 30.0 Å². The minimum atomic E-state index is 0.734. The summed E-state index contributed by atoms with van der Waals surface area (Å²) in [6.07, 6.45) is 10.7. The smallest absolute Gasteiger partial charge is 0.116 e. The van der Waals surface area contributed by atoms with E-state index < -0.39 is 0 Å². The molecule has 0 saturated carbocycles. The van der Waals surface area contributed by atoms with Gasteiger partial charge in [-0.15, -0.1) is 6.42 Å². The lowest BCUT2D eigenvalue weighted by Crippen LogP contribution is -1.97. The van der Waals surface area contributed by atoms with Gasteiger partial charge < -0.3 is 5.32 Å². The quantitative estimate of drug-likeness (QED) is 0.567. The number of nitrogens with one attached hydrogen (secondary N) is 1. The number of hydrogen-bond donors (Lipinski definition) is 1. The maximum absolute atomic E-state index is 5.47. The minimum Gasteiger partial charge on any atom is -0.352 e. The van der Waals surface area contributed by atoms with Crippen molar-refractivity contribution in [1.82, 2.24) is 15.0 Å². The van der Waals surface area contributed by atoms with Crippen molar-refractivity contribution in [1.29, 1.82) is 0 Å². The highest BCUT2D eigenvalue weighted by atomic mass is 14.9. The Bertz CT molecular complexity index is 1080. The van der Waals surface area contributed by atoms with Crippen LogP contribution in [0.15, 0.2) is 73.2 Å². The first-order valence-corrected chi connectivity index (χ1v) is 7.83. The van der Waals surface area contributed by atoms with E-state index in [1.54, 1.807) is 18.6 Å². The molecule has 4 rings (SSSR count). The van der Waals surface area contributed by atoms with Crippen LogP contribution < -0.4 is 5.32 Å². The molecule has 2 aromatic heterocycles. The summed E-state index contributed by atoms with van der Waals surface area (Å²) in [7, 11) is 0. The average molecular weight is 322 g/mol. The molecule has 0 aliphatic heterocycles. The number of aromatic nitrogens is 3. The summed E-state index contributed by atoms with van der Waals surface area (Å²) in [5.41, 5.74) is 5.83. The minimum absolute atomic E-state index is 0.734.